The third-order valence-corrected chi connectivity index (χ3v) is 5.70. The minimum absolute atomic E-state index is 0.153. The van der Waals surface area contributed by atoms with Gasteiger partial charge in [0.05, 0.1) is 6.54 Å². The Morgan fingerprint density at radius 1 is 1.08 bits per heavy atom. The Bertz CT molecular complexity index is 517. The molecule has 1 aromatic rings. The van der Waals surface area contributed by atoms with E-state index in [2.05, 4.69) is 19.8 Å². The van der Waals surface area contributed by atoms with E-state index in [0.29, 0.717) is 24.3 Å². The maximum absolute atomic E-state index is 11.9. The van der Waals surface area contributed by atoms with E-state index in [1.807, 2.05) is 26.2 Å². The monoisotopic (exact) mass is 330 g/mol. The smallest absolute Gasteiger partial charge is 0.149 e. The molecule has 0 unspecified atom stereocenters. The number of hydrogen-bond donors (Lipinski definition) is 0. The van der Waals surface area contributed by atoms with Gasteiger partial charge < -0.3 is 0 Å². The number of carbonyl (C=O) groups excluding carboxylic acids is 1. The van der Waals surface area contributed by atoms with Crippen molar-refractivity contribution in [3.05, 3.63) is 24.3 Å². The van der Waals surface area contributed by atoms with Gasteiger partial charge in [-0.25, -0.2) is 9.97 Å². The van der Waals surface area contributed by atoms with Gasteiger partial charge in [0.2, 0.25) is 0 Å². The number of hydrogen-bond acceptors (Lipinski definition) is 5. The van der Waals surface area contributed by atoms with Gasteiger partial charge in [-0.3, -0.25) is 14.6 Å². The van der Waals surface area contributed by atoms with Crippen LogP contribution < -0.4 is 0 Å². The Kier molecular flexibility index (Phi) is 5.95. The molecule has 2 fully saturated rings. The minimum Gasteiger partial charge on any atom is -0.298 e. The summed E-state index contributed by atoms with van der Waals surface area (Å²) in [6.45, 7) is 8.90. The summed E-state index contributed by atoms with van der Waals surface area (Å²) in [5.74, 6) is 1.15. The molecule has 1 saturated heterocycles. The van der Waals surface area contributed by atoms with E-state index >= 15 is 0 Å². The normalized spacial score (nSPS) is 26.6. The molecular weight excluding hydrogens is 300 g/mol. The highest BCUT2D eigenvalue weighted by atomic mass is 16.1. The highest BCUT2D eigenvalue weighted by Crippen LogP contribution is 2.34. The third kappa shape index (κ3) is 4.39. The molecule has 0 atom stereocenters. The maximum Gasteiger partial charge on any atom is 0.149 e. The Morgan fingerprint density at radius 3 is 2.29 bits per heavy atom. The molecule has 0 aromatic carbocycles. The topological polar surface area (TPSA) is 49.3 Å². The van der Waals surface area contributed by atoms with E-state index in [0.717, 1.165) is 26.2 Å². The van der Waals surface area contributed by atoms with Crippen LogP contribution >= 0.6 is 0 Å². The molecule has 132 valence electrons. The van der Waals surface area contributed by atoms with E-state index in [1.165, 1.54) is 31.2 Å². The molecule has 5 heteroatoms. The Labute approximate surface area is 145 Å². The lowest BCUT2D eigenvalue weighted by Crippen LogP contribution is -2.52. The zero-order valence-electron chi connectivity index (χ0n) is 15.0. The molecular formula is C19H30N4O. The first-order valence-corrected chi connectivity index (χ1v) is 9.37. The summed E-state index contributed by atoms with van der Waals surface area (Å²) in [6, 6.07) is 0.717. The van der Waals surface area contributed by atoms with Crippen LogP contribution in [0.15, 0.2) is 18.7 Å². The van der Waals surface area contributed by atoms with Crippen molar-refractivity contribution in [1.82, 2.24) is 19.8 Å². The van der Waals surface area contributed by atoms with Crippen molar-refractivity contribution in [1.29, 1.82) is 0 Å². The number of aromatic nitrogens is 2. The Hall–Kier alpha value is -1.33. The van der Waals surface area contributed by atoms with Crippen LogP contribution in [0.3, 0.4) is 0 Å². The van der Waals surface area contributed by atoms with Crippen LogP contribution in [0.1, 0.15) is 51.0 Å². The largest absolute Gasteiger partial charge is 0.298 e. The lowest BCUT2D eigenvalue weighted by atomic mass is 9.82. The second kappa shape index (κ2) is 8.17. The van der Waals surface area contributed by atoms with Gasteiger partial charge in [0.25, 0.3) is 0 Å². The molecule has 3 rings (SSSR count). The quantitative estimate of drug-likeness (QED) is 0.829. The minimum atomic E-state index is 0.153. The van der Waals surface area contributed by atoms with Gasteiger partial charge in [0.1, 0.15) is 12.1 Å². The van der Waals surface area contributed by atoms with Gasteiger partial charge in [-0.05, 0) is 37.2 Å². The fraction of sp³-hybridized carbons (Fsp3) is 0.737. The molecule has 5 nitrogen and oxygen atoms in total. The first-order chi connectivity index (χ1) is 11.6. The molecule has 2 heterocycles. The SMILES string of the molecule is CC(C)C(=O)CN1CCN(C2CCC(c3cncnc3)CC2)CC1. The second-order valence-corrected chi connectivity index (χ2v) is 7.61. The summed E-state index contributed by atoms with van der Waals surface area (Å²) in [7, 11) is 0. The number of piperazine rings is 1. The van der Waals surface area contributed by atoms with Crippen LogP contribution in [-0.2, 0) is 4.79 Å². The first-order valence-electron chi connectivity index (χ1n) is 9.37. The summed E-state index contributed by atoms with van der Waals surface area (Å²) < 4.78 is 0. The molecule has 0 spiro atoms. The van der Waals surface area contributed by atoms with Crippen LogP contribution in [-0.4, -0.2) is 64.3 Å². The Morgan fingerprint density at radius 2 is 1.71 bits per heavy atom. The van der Waals surface area contributed by atoms with Crippen LogP contribution in [0.4, 0.5) is 0 Å². The number of ketones is 1. The van der Waals surface area contributed by atoms with Crippen molar-refractivity contribution >= 4 is 5.78 Å². The van der Waals surface area contributed by atoms with Crippen molar-refractivity contribution < 1.29 is 4.79 Å². The van der Waals surface area contributed by atoms with Gasteiger partial charge >= 0.3 is 0 Å². The van der Waals surface area contributed by atoms with E-state index in [1.54, 1.807) is 6.33 Å². The molecule has 1 aliphatic carbocycles. The molecule has 0 amide bonds. The number of rotatable bonds is 5. The maximum atomic E-state index is 11.9. The average Bonchev–Trinajstić information content (AvgIpc) is 2.63. The van der Waals surface area contributed by atoms with E-state index in [4.69, 9.17) is 0 Å². The summed E-state index contributed by atoms with van der Waals surface area (Å²) in [5.41, 5.74) is 1.30. The third-order valence-electron chi connectivity index (χ3n) is 5.70. The van der Waals surface area contributed by atoms with Crippen LogP contribution in [0.2, 0.25) is 0 Å². The lowest BCUT2D eigenvalue weighted by molar-refractivity contribution is -0.123. The van der Waals surface area contributed by atoms with Gasteiger partial charge in [-0.2, -0.15) is 0 Å². The number of nitrogens with zero attached hydrogens (tertiary/aromatic N) is 4. The van der Waals surface area contributed by atoms with Crippen LogP contribution in [0.25, 0.3) is 0 Å². The predicted molar refractivity (Wildman–Crippen MR) is 94.9 cm³/mol. The van der Waals surface area contributed by atoms with E-state index in [-0.39, 0.29) is 5.92 Å². The molecule has 1 aromatic heterocycles. The van der Waals surface area contributed by atoms with Crippen molar-refractivity contribution in [2.45, 2.75) is 51.5 Å². The summed E-state index contributed by atoms with van der Waals surface area (Å²) >= 11 is 0. The van der Waals surface area contributed by atoms with Crippen LogP contribution in [0, 0.1) is 5.92 Å². The summed E-state index contributed by atoms with van der Waals surface area (Å²) in [4.78, 5) is 25.2. The molecule has 0 N–H and O–H groups in total. The molecule has 1 aliphatic heterocycles. The lowest BCUT2D eigenvalue weighted by Gasteiger charge is -2.42. The first kappa shape index (κ1) is 17.5. The van der Waals surface area contributed by atoms with Crippen molar-refractivity contribution in [3.63, 3.8) is 0 Å². The molecule has 0 bridgehead atoms. The summed E-state index contributed by atoms with van der Waals surface area (Å²) in [5, 5.41) is 0. The van der Waals surface area contributed by atoms with Crippen molar-refractivity contribution in [2.75, 3.05) is 32.7 Å². The van der Waals surface area contributed by atoms with Crippen LogP contribution in [0.5, 0.6) is 0 Å². The molecule has 2 aliphatic rings. The average molecular weight is 330 g/mol. The number of Topliss-reactive ketones (excluding diaryl/α,β-unsaturated/α-hetero) is 1. The summed E-state index contributed by atoms with van der Waals surface area (Å²) in [6.07, 6.45) is 10.6. The fourth-order valence-corrected chi connectivity index (χ4v) is 3.99. The highest BCUT2D eigenvalue weighted by Gasteiger charge is 2.29. The van der Waals surface area contributed by atoms with Gasteiger partial charge in [0.15, 0.2) is 0 Å². The Balaban J connectivity index is 1.43. The van der Waals surface area contributed by atoms with Gasteiger partial charge in [0, 0.05) is 50.5 Å². The molecule has 1 saturated carbocycles. The second-order valence-electron chi connectivity index (χ2n) is 7.61. The zero-order chi connectivity index (χ0) is 16.9. The fourth-order valence-electron chi connectivity index (χ4n) is 3.99. The van der Waals surface area contributed by atoms with Crippen molar-refractivity contribution in [2.24, 2.45) is 5.92 Å². The van der Waals surface area contributed by atoms with Crippen molar-refractivity contribution in [3.8, 4) is 0 Å². The standard InChI is InChI=1S/C19H30N4O/c1-15(2)19(24)13-22-7-9-23(10-8-22)18-5-3-16(4-6-18)17-11-20-14-21-12-17/h11-12,14-16,18H,3-10,13H2,1-2H3. The van der Waals surface area contributed by atoms with Gasteiger partial charge in [-0.1, -0.05) is 13.8 Å². The van der Waals surface area contributed by atoms with Gasteiger partial charge in [-0.15, -0.1) is 0 Å². The zero-order valence-corrected chi connectivity index (χ0v) is 15.0. The number of carbonyl (C=O) groups is 1. The highest BCUT2D eigenvalue weighted by molar-refractivity contribution is 5.82. The molecule has 0 radical (unpaired) electrons. The van der Waals surface area contributed by atoms with E-state index in [9.17, 15) is 4.79 Å². The molecule has 24 heavy (non-hydrogen) atoms. The van der Waals surface area contributed by atoms with E-state index < -0.39 is 0 Å². The predicted octanol–water partition coefficient (Wildman–Crippen LogP) is 2.35.